The molecule has 76 valence electrons. The van der Waals surface area contributed by atoms with Crippen molar-refractivity contribution in [2.75, 3.05) is 0 Å². The van der Waals surface area contributed by atoms with E-state index >= 15 is 0 Å². The molecule has 3 nitrogen and oxygen atoms in total. The first-order valence-corrected chi connectivity index (χ1v) is 4.62. The van der Waals surface area contributed by atoms with Gasteiger partial charge in [0, 0.05) is 10.6 Å². The van der Waals surface area contributed by atoms with Crippen LogP contribution in [0.4, 0.5) is 0 Å². The molecule has 0 bridgehead atoms. The number of benzene rings is 1. The van der Waals surface area contributed by atoms with Gasteiger partial charge in [0.2, 0.25) is 0 Å². The molecular formula is C11H7ClO3. The standard InChI is InChI=1S/C11H7ClO3/c12-9-3-1-2-7(4-9)10-5-8(6-15-10)11(13)14/h1-6H,(H,13,14). The van der Waals surface area contributed by atoms with Crippen molar-refractivity contribution < 1.29 is 14.3 Å². The zero-order valence-electron chi connectivity index (χ0n) is 7.61. The number of halogens is 1. The Bertz CT molecular complexity index is 502. The Balaban J connectivity index is 2.41. The summed E-state index contributed by atoms with van der Waals surface area (Å²) in [6.45, 7) is 0. The SMILES string of the molecule is O=C(O)c1coc(-c2cccc(Cl)c2)c1. The van der Waals surface area contributed by atoms with E-state index in [0.717, 1.165) is 5.56 Å². The first-order chi connectivity index (χ1) is 7.16. The Morgan fingerprint density at radius 3 is 2.73 bits per heavy atom. The highest BCUT2D eigenvalue weighted by Crippen LogP contribution is 2.24. The quantitative estimate of drug-likeness (QED) is 0.848. The molecule has 1 heterocycles. The number of rotatable bonds is 2. The molecule has 0 radical (unpaired) electrons. The molecule has 0 fully saturated rings. The van der Waals surface area contributed by atoms with Gasteiger partial charge in [-0.05, 0) is 18.2 Å². The molecule has 0 aliphatic carbocycles. The second-order valence-corrected chi connectivity index (χ2v) is 3.45. The van der Waals surface area contributed by atoms with E-state index in [4.69, 9.17) is 21.1 Å². The van der Waals surface area contributed by atoms with E-state index in [9.17, 15) is 4.79 Å². The molecule has 0 aliphatic rings. The van der Waals surface area contributed by atoms with Crippen LogP contribution >= 0.6 is 11.6 Å². The highest BCUT2D eigenvalue weighted by molar-refractivity contribution is 6.30. The van der Waals surface area contributed by atoms with E-state index in [0.29, 0.717) is 10.8 Å². The lowest BCUT2D eigenvalue weighted by Gasteiger charge is -1.95. The van der Waals surface area contributed by atoms with Crippen LogP contribution in [0.3, 0.4) is 0 Å². The van der Waals surface area contributed by atoms with E-state index in [2.05, 4.69) is 0 Å². The number of carboxylic acids is 1. The third-order valence-electron chi connectivity index (χ3n) is 1.96. The molecule has 0 amide bonds. The van der Waals surface area contributed by atoms with E-state index in [1.54, 1.807) is 24.3 Å². The van der Waals surface area contributed by atoms with Gasteiger partial charge in [-0.1, -0.05) is 23.7 Å². The van der Waals surface area contributed by atoms with Crippen LogP contribution in [0.5, 0.6) is 0 Å². The van der Waals surface area contributed by atoms with Crippen LogP contribution in [-0.2, 0) is 0 Å². The summed E-state index contributed by atoms with van der Waals surface area (Å²) in [5, 5.41) is 9.30. The summed E-state index contributed by atoms with van der Waals surface area (Å²) < 4.78 is 5.13. The second kappa shape index (κ2) is 3.79. The fourth-order valence-corrected chi connectivity index (χ4v) is 1.43. The Labute approximate surface area is 90.9 Å². The number of carbonyl (C=O) groups is 1. The number of carboxylic acid groups (broad SMARTS) is 1. The Morgan fingerprint density at radius 1 is 1.33 bits per heavy atom. The molecule has 0 saturated heterocycles. The summed E-state index contributed by atoms with van der Waals surface area (Å²) in [5.74, 6) is -0.512. The topological polar surface area (TPSA) is 50.4 Å². The molecule has 2 aromatic rings. The van der Waals surface area contributed by atoms with Crippen molar-refractivity contribution in [3.63, 3.8) is 0 Å². The van der Waals surface area contributed by atoms with Crippen LogP contribution < -0.4 is 0 Å². The van der Waals surface area contributed by atoms with Crippen molar-refractivity contribution in [3.8, 4) is 11.3 Å². The molecule has 1 aromatic carbocycles. The van der Waals surface area contributed by atoms with Gasteiger partial charge in [-0.2, -0.15) is 0 Å². The van der Waals surface area contributed by atoms with Gasteiger partial charge in [-0.15, -0.1) is 0 Å². The Morgan fingerprint density at radius 2 is 2.13 bits per heavy atom. The van der Waals surface area contributed by atoms with Crippen molar-refractivity contribution >= 4 is 17.6 Å². The minimum atomic E-state index is -1.01. The number of furan rings is 1. The minimum Gasteiger partial charge on any atom is -0.478 e. The average Bonchev–Trinajstić information content (AvgIpc) is 2.66. The third-order valence-corrected chi connectivity index (χ3v) is 2.19. The zero-order chi connectivity index (χ0) is 10.8. The summed E-state index contributed by atoms with van der Waals surface area (Å²) in [6.07, 6.45) is 1.21. The van der Waals surface area contributed by atoms with E-state index in [-0.39, 0.29) is 5.56 Å². The number of hydrogen-bond donors (Lipinski definition) is 1. The lowest BCUT2D eigenvalue weighted by Crippen LogP contribution is -1.91. The summed E-state index contributed by atoms with van der Waals surface area (Å²) in [6, 6.07) is 8.50. The van der Waals surface area contributed by atoms with Crippen LogP contribution in [-0.4, -0.2) is 11.1 Å². The van der Waals surface area contributed by atoms with Crippen LogP contribution in [0, 0.1) is 0 Å². The monoisotopic (exact) mass is 222 g/mol. The van der Waals surface area contributed by atoms with E-state index in [1.165, 1.54) is 12.3 Å². The molecule has 0 spiro atoms. The van der Waals surface area contributed by atoms with Crippen molar-refractivity contribution in [1.29, 1.82) is 0 Å². The van der Waals surface area contributed by atoms with Gasteiger partial charge in [0.1, 0.15) is 12.0 Å². The fraction of sp³-hybridized carbons (Fsp3) is 0. The van der Waals surface area contributed by atoms with Crippen molar-refractivity contribution in [2.45, 2.75) is 0 Å². The molecule has 0 aliphatic heterocycles. The van der Waals surface area contributed by atoms with Gasteiger partial charge in [0.15, 0.2) is 0 Å². The predicted molar refractivity (Wildman–Crippen MR) is 56.1 cm³/mol. The van der Waals surface area contributed by atoms with Crippen LogP contribution in [0.25, 0.3) is 11.3 Å². The van der Waals surface area contributed by atoms with Gasteiger partial charge in [0.25, 0.3) is 0 Å². The normalized spacial score (nSPS) is 10.2. The lowest BCUT2D eigenvalue weighted by atomic mass is 10.1. The maximum absolute atomic E-state index is 10.6. The Kier molecular flexibility index (Phi) is 2.47. The van der Waals surface area contributed by atoms with Gasteiger partial charge in [-0.3, -0.25) is 0 Å². The van der Waals surface area contributed by atoms with Crippen LogP contribution in [0.1, 0.15) is 10.4 Å². The van der Waals surface area contributed by atoms with Crippen molar-refractivity contribution in [3.05, 3.63) is 47.2 Å². The maximum Gasteiger partial charge on any atom is 0.338 e. The zero-order valence-corrected chi connectivity index (χ0v) is 8.36. The van der Waals surface area contributed by atoms with Gasteiger partial charge >= 0.3 is 5.97 Å². The van der Waals surface area contributed by atoms with Gasteiger partial charge < -0.3 is 9.52 Å². The largest absolute Gasteiger partial charge is 0.478 e. The molecule has 1 aromatic heterocycles. The van der Waals surface area contributed by atoms with Crippen molar-refractivity contribution in [1.82, 2.24) is 0 Å². The van der Waals surface area contributed by atoms with Crippen LogP contribution in [0.15, 0.2) is 41.0 Å². The number of hydrogen-bond acceptors (Lipinski definition) is 2. The third kappa shape index (κ3) is 2.02. The predicted octanol–water partition coefficient (Wildman–Crippen LogP) is 3.30. The second-order valence-electron chi connectivity index (χ2n) is 3.02. The molecule has 1 N–H and O–H groups in total. The minimum absolute atomic E-state index is 0.130. The number of aromatic carboxylic acids is 1. The summed E-state index contributed by atoms with van der Waals surface area (Å²) in [7, 11) is 0. The molecule has 4 heteroatoms. The van der Waals surface area contributed by atoms with Crippen molar-refractivity contribution in [2.24, 2.45) is 0 Å². The fourth-order valence-electron chi connectivity index (χ4n) is 1.24. The molecule has 0 unspecified atom stereocenters. The first kappa shape index (κ1) is 9.80. The summed E-state index contributed by atoms with van der Waals surface area (Å²) >= 11 is 5.81. The lowest BCUT2D eigenvalue weighted by molar-refractivity contribution is 0.0696. The van der Waals surface area contributed by atoms with Gasteiger partial charge in [-0.25, -0.2) is 4.79 Å². The van der Waals surface area contributed by atoms with Gasteiger partial charge in [0.05, 0.1) is 5.56 Å². The highest BCUT2D eigenvalue weighted by atomic mass is 35.5. The smallest absolute Gasteiger partial charge is 0.338 e. The Hall–Kier alpha value is -1.74. The molecule has 2 rings (SSSR count). The average molecular weight is 223 g/mol. The van der Waals surface area contributed by atoms with E-state index < -0.39 is 5.97 Å². The van der Waals surface area contributed by atoms with E-state index in [1.807, 2.05) is 0 Å². The van der Waals surface area contributed by atoms with Crippen LogP contribution in [0.2, 0.25) is 5.02 Å². The first-order valence-electron chi connectivity index (χ1n) is 4.24. The molecule has 15 heavy (non-hydrogen) atoms. The summed E-state index contributed by atoms with van der Waals surface area (Å²) in [5.41, 5.74) is 0.889. The summed E-state index contributed by atoms with van der Waals surface area (Å²) in [4.78, 5) is 10.6. The molecule has 0 atom stereocenters. The molecular weight excluding hydrogens is 216 g/mol. The highest BCUT2D eigenvalue weighted by Gasteiger charge is 2.09. The maximum atomic E-state index is 10.6. The molecule has 0 saturated carbocycles.